The van der Waals surface area contributed by atoms with Gasteiger partial charge in [-0.3, -0.25) is 9.59 Å². The minimum atomic E-state index is -0.457. The number of anilines is 1. The highest BCUT2D eigenvalue weighted by Gasteiger charge is 2.15. The van der Waals surface area contributed by atoms with Crippen molar-refractivity contribution in [1.29, 1.82) is 0 Å². The number of benzene rings is 2. The summed E-state index contributed by atoms with van der Waals surface area (Å²) >= 11 is 1.12. The van der Waals surface area contributed by atoms with Crippen LogP contribution in [0.5, 0.6) is 0 Å². The minimum Gasteiger partial charge on any atom is -0.326 e. The third-order valence-electron chi connectivity index (χ3n) is 3.38. The van der Waals surface area contributed by atoms with Gasteiger partial charge in [0.25, 0.3) is 0 Å². The molecule has 3 aromatic rings. The van der Waals surface area contributed by atoms with Gasteiger partial charge in [-0.1, -0.05) is 23.9 Å². The van der Waals surface area contributed by atoms with E-state index in [0.29, 0.717) is 16.4 Å². The molecule has 9 heteroatoms. The number of ketones is 1. The van der Waals surface area contributed by atoms with Crippen molar-refractivity contribution in [2.24, 2.45) is 0 Å². The van der Waals surface area contributed by atoms with Crippen LogP contribution in [0.4, 0.5) is 10.1 Å². The normalized spacial score (nSPS) is 10.5. The van der Waals surface area contributed by atoms with Gasteiger partial charge in [-0.25, -0.2) is 4.39 Å². The standard InChI is InChI=1S/C17H14FN5O2S/c1-11(24)19-13-8-6-12(7-9-13)16(25)10-26-17-20-21-22-23(17)15-5-3-2-4-14(15)18/h2-9H,10H2,1H3,(H,19,24). The molecule has 0 aliphatic heterocycles. The molecule has 0 bridgehead atoms. The number of carbonyl (C=O) groups is 2. The first-order valence-corrected chi connectivity index (χ1v) is 8.60. The van der Waals surface area contributed by atoms with Crippen LogP contribution >= 0.6 is 11.8 Å². The van der Waals surface area contributed by atoms with Gasteiger partial charge >= 0.3 is 0 Å². The van der Waals surface area contributed by atoms with E-state index in [1.54, 1.807) is 42.5 Å². The molecule has 0 unspecified atom stereocenters. The van der Waals surface area contributed by atoms with E-state index in [2.05, 4.69) is 20.8 Å². The largest absolute Gasteiger partial charge is 0.326 e. The Kier molecular flexibility index (Phi) is 5.37. The van der Waals surface area contributed by atoms with Gasteiger partial charge in [0.05, 0.1) is 5.75 Å². The highest BCUT2D eigenvalue weighted by Crippen LogP contribution is 2.21. The summed E-state index contributed by atoms with van der Waals surface area (Å²) in [7, 11) is 0. The molecule has 2 aromatic carbocycles. The van der Waals surface area contributed by atoms with E-state index in [9.17, 15) is 14.0 Å². The van der Waals surface area contributed by atoms with Crippen LogP contribution in [0.15, 0.2) is 53.7 Å². The number of nitrogens with zero attached hydrogens (tertiary/aromatic N) is 4. The summed E-state index contributed by atoms with van der Waals surface area (Å²) < 4.78 is 15.2. The molecule has 0 aliphatic rings. The molecule has 0 saturated heterocycles. The summed E-state index contributed by atoms with van der Waals surface area (Å²) in [6, 6.07) is 12.7. The first-order chi connectivity index (χ1) is 12.5. The van der Waals surface area contributed by atoms with Gasteiger partial charge in [-0.05, 0) is 46.8 Å². The summed E-state index contributed by atoms with van der Waals surface area (Å²) in [5, 5.41) is 14.1. The van der Waals surface area contributed by atoms with E-state index in [0.717, 1.165) is 11.8 Å². The van der Waals surface area contributed by atoms with E-state index < -0.39 is 5.82 Å². The zero-order chi connectivity index (χ0) is 18.5. The lowest BCUT2D eigenvalue weighted by Gasteiger charge is -2.06. The maximum atomic E-state index is 13.9. The second-order valence-corrected chi connectivity index (χ2v) is 6.24. The lowest BCUT2D eigenvalue weighted by Crippen LogP contribution is -2.07. The van der Waals surface area contributed by atoms with Crippen molar-refractivity contribution in [2.75, 3.05) is 11.1 Å². The summed E-state index contributed by atoms with van der Waals surface area (Å²) in [6.45, 7) is 1.41. The number of amides is 1. The second kappa shape index (κ2) is 7.87. The number of tetrazole rings is 1. The SMILES string of the molecule is CC(=O)Nc1ccc(C(=O)CSc2nnnn2-c2ccccc2F)cc1. The molecule has 0 saturated carbocycles. The third-order valence-corrected chi connectivity index (χ3v) is 4.30. The lowest BCUT2D eigenvalue weighted by atomic mass is 10.1. The minimum absolute atomic E-state index is 0.0916. The zero-order valence-corrected chi connectivity index (χ0v) is 14.5. The molecule has 3 rings (SSSR count). The summed E-state index contributed by atoms with van der Waals surface area (Å²) in [5.41, 5.74) is 1.33. The highest BCUT2D eigenvalue weighted by molar-refractivity contribution is 7.99. The maximum absolute atomic E-state index is 13.9. The topological polar surface area (TPSA) is 89.8 Å². The molecule has 26 heavy (non-hydrogen) atoms. The Balaban J connectivity index is 1.68. The Morgan fingerprint density at radius 2 is 1.88 bits per heavy atom. The van der Waals surface area contributed by atoms with Crippen LogP contribution in [-0.4, -0.2) is 37.7 Å². The first-order valence-electron chi connectivity index (χ1n) is 7.61. The molecule has 1 aromatic heterocycles. The monoisotopic (exact) mass is 371 g/mol. The van der Waals surface area contributed by atoms with Crippen molar-refractivity contribution in [2.45, 2.75) is 12.1 Å². The molecule has 1 amide bonds. The average molecular weight is 371 g/mol. The van der Waals surface area contributed by atoms with Crippen molar-refractivity contribution in [1.82, 2.24) is 20.2 Å². The summed E-state index contributed by atoms with van der Waals surface area (Å²) in [4.78, 5) is 23.3. The molecular formula is C17H14FN5O2S. The van der Waals surface area contributed by atoms with E-state index >= 15 is 0 Å². The average Bonchev–Trinajstić information content (AvgIpc) is 3.08. The Morgan fingerprint density at radius 3 is 2.58 bits per heavy atom. The lowest BCUT2D eigenvalue weighted by molar-refractivity contribution is -0.114. The van der Waals surface area contributed by atoms with Gasteiger partial charge in [0.1, 0.15) is 11.5 Å². The Labute approximate surface area is 152 Å². The van der Waals surface area contributed by atoms with Crippen LogP contribution in [0.3, 0.4) is 0 Å². The number of aromatic nitrogens is 4. The second-order valence-electron chi connectivity index (χ2n) is 5.30. The number of Topliss-reactive ketones (excluding diaryl/α,β-unsaturated/α-hetero) is 1. The number of para-hydroxylation sites is 1. The molecule has 132 valence electrons. The van der Waals surface area contributed by atoms with Crippen molar-refractivity contribution in [3.8, 4) is 5.69 Å². The Morgan fingerprint density at radius 1 is 1.15 bits per heavy atom. The van der Waals surface area contributed by atoms with Gasteiger partial charge in [-0.2, -0.15) is 4.68 Å². The Hall–Kier alpha value is -3.07. The van der Waals surface area contributed by atoms with E-state index in [1.165, 1.54) is 17.7 Å². The fourth-order valence-corrected chi connectivity index (χ4v) is 2.98. The van der Waals surface area contributed by atoms with Gasteiger partial charge in [0.15, 0.2) is 5.78 Å². The van der Waals surface area contributed by atoms with Gasteiger partial charge in [0.2, 0.25) is 11.1 Å². The van der Waals surface area contributed by atoms with Crippen molar-refractivity contribution < 1.29 is 14.0 Å². The maximum Gasteiger partial charge on any atom is 0.221 e. The molecule has 1 heterocycles. The number of nitrogens with one attached hydrogen (secondary N) is 1. The van der Waals surface area contributed by atoms with Crippen molar-refractivity contribution >= 4 is 29.1 Å². The number of hydrogen-bond donors (Lipinski definition) is 1. The van der Waals surface area contributed by atoms with E-state index in [1.807, 2.05) is 0 Å². The molecule has 0 aliphatic carbocycles. The van der Waals surface area contributed by atoms with Crippen LogP contribution in [0.2, 0.25) is 0 Å². The summed E-state index contributed by atoms with van der Waals surface area (Å²) in [5.74, 6) is -0.678. The molecule has 0 radical (unpaired) electrons. The van der Waals surface area contributed by atoms with E-state index in [4.69, 9.17) is 0 Å². The molecule has 0 atom stereocenters. The highest BCUT2D eigenvalue weighted by atomic mass is 32.2. The van der Waals surface area contributed by atoms with Crippen molar-refractivity contribution in [3.05, 3.63) is 59.9 Å². The van der Waals surface area contributed by atoms with Gasteiger partial charge < -0.3 is 5.32 Å². The van der Waals surface area contributed by atoms with E-state index in [-0.39, 0.29) is 23.1 Å². The number of carbonyl (C=O) groups excluding carboxylic acids is 2. The fourth-order valence-electron chi connectivity index (χ4n) is 2.20. The van der Waals surface area contributed by atoms with Crippen molar-refractivity contribution in [3.63, 3.8) is 0 Å². The number of rotatable bonds is 6. The van der Waals surface area contributed by atoms with Crippen LogP contribution in [0.25, 0.3) is 5.69 Å². The van der Waals surface area contributed by atoms with Gasteiger partial charge in [0, 0.05) is 18.2 Å². The quantitative estimate of drug-likeness (QED) is 0.529. The predicted molar refractivity (Wildman–Crippen MR) is 94.9 cm³/mol. The molecule has 0 spiro atoms. The van der Waals surface area contributed by atoms with Gasteiger partial charge in [-0.15, -0.1) is 5.10 Å². The predicted octanol–water partition coefficient (Wildman–Crippen LogP) is 2.73. The zero-order valence-electron chi connectivity index (χ0n) is 13.7. The third kappa shape index (κ3) is 4.12. The van der Waals surface area contributed by atoms with Crippen LogP contribution in [-0.2, 0) is 4.79 Å². The van der Waals surface area contributed by atoms with Crippen LogP contribution in [0.1, 0.15) is 17.3 Å². The van der Waals surface area contributed by atoms with Crippen LogP contribution in [0, 0.1) is 5.82 Å². The first kappa shape index (κ1) is 17.7. The Bertz CT molecular complexity index is 942. The molecule has 1 N–H and O–H groups in total. The molecule has 0 fully saturated rings. The number of halogens is 1. The smallest absolute Gasteiger partial charge is 0.221 e. The molecular weight excluding hydrogens is 357 g/mol. The fraction of sp³-hybridized carbons (Fsp3) is 0.118. The number of thioether (sulfide) groups is 1. The molecule has 7 nitrogen and oxygen atoms in total. The summed E-state index contributed by atoms with van der Waals surface area (Å²) in [6.07, 6.45) is 0. The number of hydrogen-bond acceptors (Lipinski definition) is 6. The van der Waals surface area contributed by atoms with Crippen LogP contribution < -0.4 is 5.32 Å².